The lowest BCUT2D eigenvalue weighted by Gasteiger charge is -2.36. The van der Waals surface area contributed by atoms with E-state index in [4.69, 9.17) is 4.74 Å². The van der Waals surface area contributed by atoms with Gasteiger partial charge in [-0.05, 0) is 80.3 Å². The Morgan fingerprint density at radius 1 is 0.886 bits per heavy atom. The number of aromatic hydroxyl groups is 2. The number of hydrogen-bond donors (Lipinski definition) is 2. The van der Waals surface area contributed by atoms with Crippen LogP contribution in [-0.4, -0.2) is 52.3 Å². The highest BCUT2D eigenvalue weighted by Crippen LogP contribution is 2.40. The highest BCUT2D eigenvalue weighted by Gasteiger charge is 2.38. The summed E-state index contributed by atoms with van der Waals surface area (Å²) in [5.74, 6) is -0.516. The third-order valence-electron chi connectivity index (χ3n) is 8.15. The number of ether oxygens (including phenoxy) is 1. The lowest BCUT2D eigenvalue weighted by Crippen LogP contribution is -2.40. The minimum absolute atomic E-state index is 0.0136. The predicted octanol–water partition coefficient (Wildman–Crippen LogP) is 5.88. The van der Waals surface area contributed by atoms with Gasteiger partial charge in [0, 0.05) is 11.0 Å². The number of carbonyl (C=O) groups excluding carboxylic acids is 1. The summed E-state index contributed by atoms with van der Waals surface area (Å²) in [6, 6.07) is 23.8. The van der Waals surface area contributed by atoms with E-state index in [0.717, 1.165) is 11.1 Å². The molecule has 0 radical (unpaired) electrons. The molecule has 2 heterocycles. The number of phenols is 2. The third kappa shape index (κ3) is 5.04. The molecule has 2 atom stereocenters. The molecule has 0 aliphatic rings. The van der Waals surface area contributed by atoms with Crippen molar-refractivity contribution in [3.8, 4) is 22.9 Å². The molecule has 44 heavy (non-hydrogen) atoms. The second-order valence-electron chi connectivity index (χ2n) is 11.3. The summed E-state index contributed by atoms with van der Waals surface area (Å²) in [5.41, 5.74) is 5.11. The zero-order chi connectivity index (χ0) is 31.2. The molecule has 10 heteroatoms. The van der Waals surface area contributed by atoms with Crippen LogP contribution in [0.15, 0.2) is 91.0 Å². The average Bonchev–Trinajstić information content (AvgIpc) is 3.63. The summed E-state index contributed by atoms with van der Waals surface area (Å²) >= 11 is 0. The van der Waals surface area contributed by atoms with Crippen LogP contribution in [0.1, 0.15) is 37.5 Å². The second-order valence-corrected chi connectivity index (χ2v) is 11.3. The van der Waals surface area contributed by atoms with Gasteiger partial charge in [-0.3, -0.25) is 0 Å². The Bertz CT molecular complexity index is 2000. The van der Waals surface area contributed by atoms with Crippen LogP contribution in [-0.2, 0) is 21.4 Å². The minimum Gasteiger partial charge on any atom is -0.506 e. The average molecular weight is 589 g/mol. The highest BCUT2D eigenvalue weighted by molar-refractivity contribution is 5.87. The topological polar surface area (TPSA) is 128 Å². The van der Waals surface area contributed by atoms with Gasteiger partial charge in [0.2, 0.25) is 0 Å². The molecule has 222 valence electrons. The van der Waals surface area contributed by atoms with Crippen LogP contribution >= 0.6 is 0 Å². The Hall–Kier alpha value is -5.51. The molecule has 0 bridgehead atoms. The van der Waals surface area contributed by atoms with Gasteiger partial charge in [0.25, 0.3) is 0 Å². The Labute approximate surface area is 253 Å². The van der Waals surface area contributed by atoms with Crippen molar-refractivity contribution >= 4 is 28.0 Å². The summed E-state index contributed by atoms with van der Waals surface area (Å²) in [6.45, 7) is 11.0. The van der Waals surface area contributed by atoms with E-state index < -0.39 is 17.5 Å². The molecule has 0 amide bonds. The van der Waals surface area contributed by atoms with Crippen molar-refractivity contribution in [1.29, 1.82) is 0 Å². The van der Waals surface area contributed by atoms with Gasteiger partial charge < -0.3 is 14.9 Å². The van der Waals surface area contributed by atoms with E-state index in [1.165, 1.54) is 9.59 Å². The Balaban J connectivity index is 1.46. The quantitative estimate of drug-likeness (QED) is 0.167. The fraction of sp³-hybridized carbons (Fsp3) is 0.206. The number of phenolic OH excluding ortho intramolecular Hbond substituents is 2. The smallest absolute Gasteiger partial charge is 0.333 e. The molecule has 0 spiro atoms. The van der Waals surface area contributed by atoms with Gasteiger partial charge in [-0.2, -0.15) is 0 Å². The van der Waals surface area contributed by atoms with Crippen molar-refractivity contribution in [2.24, 2.45) is 0 Å². The minimum atomic E-state index is -0.896. The van der Waals surface area contributed by atoms with Crippen LogP contribution < -0.4 is 0 Å². The fourth-order valence-corrected chi connectivity index (χ4v) is 5.35. The van der Waals surface area contributed by atoms with Gasteiger partial charge in [-0.1, -0.05) is 56.0 Å². The zero-order valence-corrected chi connectivity index (χ0v) is 24.9. The number of aromatic nitrogens is 6. The van der Waals surface area contributed by atoms with Crippen LogP contribution in [0.3, 0.4) is 0 Å². The number of benzene rings is 4. The summed E-state index contributed by atoms with van der Waals surface area (Å²) in [6.07, 6.45) is -0.417. The fourth-order valence-electron chi connectivity index (χ4n) is 5.35. The monoisotopic (exact) mass is 588 g/mol. The molecule has 0 aliphatic heterocycles. The maximum absolute atomic E-state index is 12.7. The molecule has 0 saturated heterocycles. The van der Waals surface area contributed by atoms with Gasteiger partial charge >= 0.3 is 5.97 Å². The molecular formula is C34H32N6O4. The number of rotatable bonds is 8. The molecule has 6 aromatic rings. The Morgan fingerprint density at radius 3 is 1.98 bits per heavy atom. The standard InChI is InChI=1S/C34H32N6O4/c1-20(2)33(43)44-22(4)34(5,24-16-17-30(41)29(18-24)39-35-25-10-6-7-11-26(25)36-39)19-23-15-14-21(3)31(32(23)42)40-37-27-12-8-9-13-28(27)38-40/h6-18,22,41-42H,1,19H2,2-5H3. The molecule has 2 N–H and O–H groups in total. The van der Waals surface area contributed by atoms with Gasteiger partial charge in [-0.15, -0.1) is 30.0 Å². The number of hydrogen-bond acceptors (Lipinski definition) is 8. The molecular weight excluding hydrogens is 556 g/mol. The number of aryl methyl sites for hydroxylation is 1. The summed E-state index contributed by atoms with van der Waals surface area (Å²) in [4.78, 5) is 15.6. The van der Waals surface area contributed by atoms with Crippen LogP contribution in [0.25, 0.3) is 33.4 Å². The van der Waals surface area contributed by atoms with Crippen LogP contribution in [0.5, 0.6) is 11.5 Å². The SMILES string of the molecule is C=C(C)C(=O)OC(C)C(C)(Cc1ccc(C)c(-n2nc3ccccc3n2)c1O)c1ccc(O)c(-n2nc3ccccc3n2)c1. The third-order valence-corrected chi connectivity index (χ3v) is 8.15. The van der Waals surface area contributed by atoms with E-state index in [0.29, 0.717) is 39.0 Å². The zero-order valence-electron chi connectivity index (χ0n) is 24.9. The van der Waals surface area contributed by atoms with Gasteiger partial charge in [0.15, 0.2) is 0 Å². The lowest BCUT2D eigenvalue weighted by atomic mass is 9.73. The number of carbonyl (C=O) groups is 1. The van der Waals surface area contributed by atoms with Crippen molar-refractivity contribution in [2.75, 3.05) is 0 Å². The molecule has 0 fully saturated rings. The predicted molar refractivity (Wildman–Crippen MR) is 167 cm³/mol. The molecule has 2 unspecified atom stereocenters. The second kappa shape index (κ2) is 11.0. The van der Waals surface area contributed by atoms with Crippen molar-refractivity contribution in [3.63, 3.8) is 0 Å². The number of esters is 1. The van der Waals surface area contributed by atoms with E-state index in [1.54, 1.807) is 25.1 Å². The van der Waals surface area contributed by atoms with Crippen LogP contribution in [0, 0.1) is 6.92 Å². The van der Waals surface area contributed by atoms with E-state index >= 15 is 0 Å². The molecule has 10 nitrogen and oxygen atoms in total. The van der Waals surface area contributed by atoms with Crippen molar-refractivity contribution in [3.05, 3.63) is 108 Å². The molecule has 0 saturated carbocycles. The maximum atomic E-state index is 12.7. The molecule has 6 rings (SSSR count). The summed E-state index contributed by atoms with van der Waals surface area (Å²) in [5, 5.41) is 40.8. The van der Waals surface area contributed by atoms with E-state index in [1.807, 2.05) is 81.4 Å². The first kappa shape index (κ1) is 28.6. The van der Waals surface area contributed by atoms with Gasteiger partial charge in [0.05, 0.1) is 0 Å². The summed E-state index contributed by atoms with van der Waals surface area (Å²) in [7, 11) is 0. The molecule has 4 aromatic carbocycles. The summed E-state index contributed by atoms with van der Waals surface area (Å²) < 4.78 is 5.90. The van der Waals surface area contributed by atoms with E-state index in [9.17, 15) is 15.0 Å². The van der Waals surface area contributed by atoms with Crippen LogP contribution in [0.2, 0.25) is 0 Å². The van der Waals surface area contributed by atoms with E-state index in [-0.39, 0.29) is 23.5 Å². The van der Waals surface area contributed by atoms with Crippen LogP contribution in [0.4, 0.5) is 0 Å². The van der Waals surface area contributed by atoms with Gasteiger partial charge in [-0.25, -0.2) is 4.79 Å². The van der Waals surface area contributed by atoms with Crippen molar-refractivity contribution < 1.29 is 19.7 Å². The molecule has 0 aliphatic carbocycles. The number of nitrogens with zero attached hydrogens (tertiary/aromatic N) is 6. The maximum Gasteiger partial charge on any atom is 0.333 e. The van der Waals surface area contributed by atoms with Gasteiger partial charge in [0.1, 0.15) is 51.0 Å². The van der Waals surface area contributed by atoms with E-state index in [2.05, 4.69) is 27.0 Å². The molecule has 2 aromatic heterocycles. The normalized spacial score (nSPS) is 13.5. The Morgan fingerprint density at radius 2 is 1.43 bits per heavy atom. The number of fused-ring (bicyclic) bond motifs is 2. The largest absolute Gasteiger partial charge is 0.506 e. The first-order valence-electron chi connectivity index (χ1n) is 14.2. The lowest BCUT2D eigenvalue weighted by molar-refractivity contribution is -0.146. The van der Waals surface area contributed by atoms with Crippen molar-refractivity contribution in [1.82, 2.24) is 30.0 Å². The first-order valence-corrected chi connectivity index (χ1v) is 14.2. The first-order chi connectivity index (χ1) is 21.0. The Kier molecular flexibility index (Phi) is 7.12. The van der Waals surface area contributed by atoms with Crippen molar-refractivity contribution in [2.45, 2.75) is 45.6 Å². The highest BCUT2D eigenvalue weighted by atomic mass is 16.5.